The average molecular weight is 390 g/mol. The molecule has 1 aromatic heterocycles. The van der Waals surface area contributed by atoms with Crippen LogP contribution >= 0.6 is 23.2 Å². The number of carbonyl (C=O) groups excluding carboxylic acids is 1. The number of anilines is 1. The van der Waals surface area contributed by atoms with Gasteiger partial charge in [-0.2, -0.15) is 5.26 Å². The molecule has 8 heteroatoms. The highest BCUT2D eigenvalue weighted by Gasteiger charge is 2.33. The second-order valence-corrected chi connectivity index (χ2v) is 7.10. The fraction of sp³-hybridized carbons (Fsp3) is 0.333. The SMILES string of the molecule is N#Cc1nc(N2CCC(C=O)(CN)CC2)cnc1-c1cccc(Cl)c1Cl. The molecule has 0 atom stereocenters. The van der Waals surface area contributed by atoms with Crippen LogP contribution in [0.15, 0.2) is 24.4 Å². The lowest BCUT2D eigenvalue weighted by Crippen LogP contribution is -2.45. The third kappa shape index (κ3) is 3.38. The van der Waals surface area contributed by atoms with Crippen LogP contribution in [0.5, 0.6) is 0 Å². The molecule has 3 rings (SSSR count). The third-order valence-electron chi connectivity index (χ3n) is 4.81. The summed E-state index contributed by atoms with van der Waals surface area (Å²) in [5.74, 6) is 0.597. The molecule has 0 amide bonds. The van der Waals surface area contributed by atoms with Gasteiger partial charge in [0.15, 0.2) is 5.69 Å². The maximum atomic E-state index is 11.3. The second-order valence-electron chi connectivity index (χ2n) is 6.31. The second kappa shape index (κ2) is 7.58. The molecule has 1 saturated heterocycles. The van der Waals surface area contributed by atoms with Crippen molar-refractivity contribution in [3.8, 4) is 17.3 Å². The smallest absolute Gasteiger partial charge is 0.169 e. The van der Waals surface area contributed by atoms with Crippen LogP contribution in [-0.2, 0) is 4.79 Å². The topological polar surface area (TPSA) is 95.9 Å². The van der Waals surface area contributed by atoms with Crippen molar-refractivity contribution in [2.45, 2.75) is 12.8 Å². The van der Waals surface area contributed by atoms with Gasteiger partial charge in [0.1, 0.15) is 23.9 Å². The van der Waals surface area contributed by atoms with Crippen LogP contribution in [0, 0.1) is 16.7 Å². The third-order valence-corrected chi connectivity index (χ3v) is 5.63. The van der Waals surface area contributed by atoms with E-state index in [1.165, 1.54) is 0 Å². The van der Waals surface area contributed by atoms with Crippen LogP contribution < -0.4 is 10.6 Å². The minimum absolute atomic E-state index is 0.178. The number of benzene rings is 1. The quantitative estimate of drug-likeness (QED) is 0.807. The Bertz CT molecular complexity index is 872. The van der Waals surface area contributed by atoms with Gasteiger partial charge in [0.05, 0.1) is 16.2 Å². The van der Waals surface area contributed by atoms with Crippen LogP contribution in [-0.4, -0.2) is 35.9 Å². The van der Waals surface area contributed by atoms with Crippen LogP contribution in [0.2, 0.25) is 10.0 Å². The summed E-state index contributed by atoms with van der Waals surface area (Å²) in [6, 6.07) is 7.25. The number of nitrogens with zero attached hydrogens (tertiary/aromatic N) is 4. The molecule has 0 bridgehead atoms. The minimum Gasteiger partial charge on any atom is -0.355 e. The number of halogens is 2. The Morgan fingerprint density at radius 1 is 1.35 bits per heavy atom. The number of piperidine rings is 1. The van der Waals surface area contributed by atoms with Crippen molar-refractivity contribution in [2.75, 3.05) is 24.5 Å². The molecule has 2 heterocycles. The number of hydrogen-bond donors (Lipinski definition) is 1. The molecular formula is C18H17Cl2N5O. The Kier molecular flexibility index (Phi) is 5.42. The van der Waals surface area contributed by atoms with Crippen molar-refractivity contribution in [3.63, 3.8) is 0 Å². The Hall–Kier alpha value is -2.20. The monoisotopic (exact) mass is 389 g/mol. The standard InChI is InChI=1S/C18H17Cl2N5O/c19-13-3-1-2-12(16(13)20)17-14(8-21)24-15(9-23-17)25-6-4-18(10-22,11-26)5-7-25/h1-3,9,11H,4-7,10,22H2. The zero-order valence-electron chi connectivity index (χ0n) is 14.0. The molecular weight excluding hydrogens is 373 g/mol. The lowest BCUT2D eigenvalue weighted by molar-refractivity contribution is -0.116. The van der Waals surface area contributed by atoms with Crippen LogP contribution in [0.4, 0.5) is 5.82 Å². The normalized spacial score (nSPS) is 16.2. The Morgan fingerprint density at radius 2 is 2.08 bits per heavy atom. The van der Waals surface area contributed by atoms with E-state index in [4.69, 9.17) is 28.9 Å². The van der Waals surface area contributed by atoms with E-state index in [0.717, 1.165) is 6.29 Å². The summed E-state index contributed by atoms with van der Waals surface area (Å²) in [5, 5.41) is 10.2. The molecule has 1 aliphatic heterocycles. The average Bonchev–Trinajstić information content (AvgIpc) is 2.70. The first-order chi connectivity index (χ1) is 12.5. The maximum absolute atomic E-state index is 11.3. The summed E-state index contributed by atoms with van der Waals surface area (Å²) in [5.41, 5.74) is 6.42. The van der Waals surface area contributed by atoms with Crippen molar-refractivity contribution in [3.05, 3.63) is 40.1 Å². The highest BCUT2D eigenvalue weighted by Crippen LogP contribution is 2.35. The number of hydrogen-bond acceptors (Lipinski definition) is 6. The van der Waals surface area contributed by atoms with E-state index >= 15 is 0 Å². The van der Waals surface area contributed by atoms with Gasteiger partial charge in [0, 0.05) is 30.6 Å². The predicted molar refractivity (Wildman–Crippen MR) is 101 cm³/mol. The lowest BCUT2D eigenvalue weighted by Gasteiger charge is -2.37. The van der Waals surface area contributed by atoms with Gasteiger partial charge >= 0.3 is 0 Å². The van der Waals surface area contributed by atoms with Crippen molar-refractivity contribution >= 4 is 35.3 Å². The van der Waals surface area contributed by atoms with Crippen LogP contribution in [0.1, 0.15) is 18.5 Å². The molecule has 0 spiro atoms. The van der Waals surface area contributed by atoms with E-state index in [9.17, 15) is 10.1 Å². The number of aromatic nitrogens is 2. The first kappa shape index (κ1) is 18.6. The summed E-state index contributed by atoms with van der Waals surface area (Å²) in [7, 11) is 0. The van der Waals surface area contributed by atoms with Crippen molar-refractivity contribution < 1.29 is 4.79 Å². The lowest BCUT2D eigenvalue weighted by atomic mass is 9.80. The predicted octanol–water partition coefficient (Wildman–Crippen LogP) is 3.07. The number of aldehydes is 1. The number of nitrogens with two attached hydrogens (primary N) is 1. The van der Waals surface area contributed by atoms with Gasteiger partial charge < -0.3 is 15.4 Å². The van der Waals surface area contributed by atoms with Gasteiger partial charge in [-0.3, -0.25) is 0 Å². The van der Waals surface area contributed by atoms with Gasteiger partial charge in [0.2, 0.25) is 0 Å². The first-order valence-electron chi connectivity index (χ1n) is 8.16. The summed E-state index contributed by atoms with van der Waals surface area (Å²) in [6.07, 6.45) is 3.88. The molecule has 0 aliphatic carbocycles. The van der Waals surface area contributed by atoms with E-state index < -0.39 is 5.41 Å². The first-order valence-corrected chi connectivity index (χ1v) is 8.92. The zero-order valence-corrected chi connectivity index (χ0v) is 15.5. The highest BCUT2D eigenvalue weighted by molar-refractivity contribution is 6.43. The van der Waals surface area contributed by atoms with Crippen molar-refractivity contribution in [1.29, 1.82) is 5.26 Å². The molecule has 1 aliphatic rings. The molecule has 0 unspecified atom stereocenters. The molecule has 6 nitrogen and oxygen atoms in total. The summed E-state index contributed by atoms with van der Waals surface area (Å²) in [4.78, 5) is 22.2. The van der Waals surface area contributed by atoms with Gasteiger partial charge in [-0.1, -0.05) is 35.3 Å². The van der Waals surface area contributed by atoms with Gasteiger partial charge in [-0.05, 0) is 18.9 Å². The fourth-order valence-electron chi connectivity index (χ4n) is 3.05. The molecule has 2 N–H and O–H groups in total. The summed E-state index contributed by atoms with van der Waals surface area (Å²) < 4.78 is 0. The van der Waals surface area contributed by atoms with Gasteiger partial charge in [0.25, 0.3) is 0 Å². The molecule has 1 fully saturated rings. The molecule has 0 radical (unpaired) electrons. The van der Waals surface area contributed by atoms with E-state index in [0.29, 0.717) is 59.6 Å². The van der Waals surface area contributed by atoms with Crippen molar-refractivity contribution in [2.24, 2.45) is 11.1 Å². The molecule has 0 saturated carbocycles. The summed E-state index contributed by atoms with van der Waals surface area (Å²) >= 11 is 12.3. The van der Waals surface area contributed by atoms with E-state index in [-0.39, 0.29) is 5.69 Å². The zero-order chi connectivity index (χ0) is 18.7. The van der Waals surface area contributed by atoms with E-state index in [2.05, 4.69) is 16.0 Å². The Morgan fingerprint density at radius 3 is 2.69 bits per heavy atom. The maximum Gasteiger partial charge on any atom is 0.169 e. The van der Waals surface area contributed by atoms with Gasteiger partial charge in [-0.15, -0.1) is 0 Å². The minimum atomic E-state index is -0.462. The number of rotatable bonds is 4. The molecule has 134 valence electrons. The number of nitriles is 1. The Labute approximate surface area is 161 Å². The fourth-order valence-corrected chi connectivity index (χ4v) is 3.44. The van der Waals surface area contributed by atoms with E-state index in [1.807, 2.05) is 4.90 Å². The Balaban J connectivity index is 1.90. The largest absolute Gasteiger partial charge is 0.355 e. The van der Waals surface area contributed by atoms with Crippen LogP contribution in [0.3, 0.4) is 0 Å². The van der Waals surface area contributed by atoms with Crippen LogP contribution in [0.25, 0.3) is 11.3 Å². The number of carbonyl (C=O) groups is 1. The van der Waals surface area contributed by atoms with E-state index in [1.54, 1.807) is 24.4 Å². The molecule has 2 aromatic rings. The van der Waals surface area contributed by atoms with Crippen molar-refractivity contribution in [1.82, 2.24) is 9.97 Å². The molecule has 1 aromatic carbocycles. The van der Waals surface area contributed by atoms with Gasteiger partial charge in [-0.25, -0.2) is 9.97 Å². The highest BCUT2D eigenvalue weighted by atomic mass is 35.5. The summed E-state index contributed by atoms with van der Waals surface area (Å²) in [6.45, 7) is 1.60. The molecule has 26 heavy (non-hydrogen) atoms.